The number of carboxylic acid groups (broad SMARTS) is 2. The van der Waals surface area contributed by atoms with E-state index in [2.05, 4.69) is 0 Å². The van der Waals surface area contributed by atoms with Crippen molar-refractivity contribution in [1.82, 2.24) is 4.57 Å². The van der Waals surface area contributed by atoms with Crippen LogP contribution < -0.4 is 10.2 Å². The number of nitrogens with zero attached hydrogens (tertiary/aromatic N) is 1. The lowest BCUT2D eigenvalue weighted by atomic mass is 9.95. The molecule has 0 spiro atoms. The van der Waals surface area contributed by atoms with E-state index in [1.54, 1.807) is 29.9 Å². The summed E-state index contributed by atoms with van der Waals surface area (Å²) < 4.78 is 1.76. The highest BCUT2D eigenvalue weighted by molar-refractivity contribution is 5.91. The first kappa shape index (κ1) is 12.2. The SMILES string of the molecule is Cn1cc([C@H](CC(=O)[O-])C(=O)[O-])c2ccccc21. The number of rotatable bonds is 4. The maximum atomic E-state index is 11.1. The molecule has 0 N–H and O–H groups in total. The Morgan fingerprint density at radius 1 is 1.28 bits per heavy atom. The van der Waals surface area contributed by atoms with Gasteiger partial charge < -0.3 is 24.4 Å². The van der Waals surface area contributed by atoms with Crippen LogP contribution in [-0.4, -0.2) is 16.5 Å². The number of benzene rings is 1. The number of fused-ring (bicyclic) bond motifs is 1. The van der Waals surface area contributed by atoms with Crippen molar-refractivity contribution in [2.75, 3.05) is 0 Å². The zero-order valence-electron chi connectivity index (χ0n) is 9.75. The fraction of sp³-hybridized carbons (Fsp3) is 0.231. The van der Waals surface area contributed by atoms with E-state index in [0.717, 1.165) is 10.9 Å². The molecule has 0 bridgehead atoms. The summed E-state index contributed by atoms with van der Waals surface area (Å²) in [6.07, 6.45) is 1.03. The molecule has 5 nitrogen and oxygen atoms in total. The van der Waals surface area contributed by atoms with Gasteiger partial charge in [0.1, 0.15) is 0 Å². The first-order valence-electron chi connectivity index (χ1n) is 5.45. The summed E-state index contributed by atoms with van der Waals surface area (Å²) in [7, 11) is 1.77. The highest BCUT2D eigenvalue weighted by atomic mass is 16.4. The molecule has 18 heavy (non-hydrogen) atoms. The van der Waals surface area contributed by atoms with Gasteiger partial charge in [0.05, 0.1) is 0 Å². The van der Waals surface area contributed by atoms with Crippen molar-refractivity contribution < 1.29 is 19.8 Å². The molecule has 5 heteroatoms. The van der Waals surface area contributed by atoms with Crippen molar-refractivity contribution in [3.8, 4) is 0 Å². The van der Waals surface area contributed by atoms with Gasteiger partial charge in [-0.2, -0.15) is 0 Å². The van der Waals surface area contributed by atoms with Crippen LogP contribution in [0.15, 0.2) is 30.5 Å². The fourth-order valence-corrected chi connectivity index (χ4v) is 2.14. The van der Waals surface area contributed by atoms with Crippen LogP contribution in [0.3, 0.4) is 0 Å². The molecule has 0 aliphatic rings. The molecule has 1 aromatic carbocycles. The smallest absolute Gasteiger partial charge is 0.0493 e. The Morgan fingerprint density at radius 2 is 1.94 bits per heavy atom. The van der Waals surface area contributed by atoms with Gasteiger partial charge in [-0.3, -0.25) is 0 Å². The third-order valence-electron chi connectivity index (χ3n) is 2.96. The van der Waals surface area contributed by atoms with Crippen molar-refractivity contribution in [2.24, 2.45) is 7.05 Å². The molecule has 0 amide bonds. The van der Waals surface area contributed by atoms with E-state index in [4.69, 9.17) is 0 Å². The minimum Gasteiger partial charge on any atom is -0.550 e. The van der Waals surface area contributed by atoms with E-state index >= 15 is 0 Å². The number of para-hydroxylation sites is 1. The molecule has 0 unspecified atom stereocenters. The van der Waals surface area contributed by atoms with E-state index in [0.29, 0.717) is 5.56 Å². The third-order valence-corrected chi connectivity index (χ3v) is 2.96. The van der Waals surface area contributed by atoms with Crippen LogP contribution in [0.2, 0.25) is 0 Å². The number of hydrogen-bond acceptors (Lipinski definition) is 4. The Kier molecular flexibility index (Phi) is 3.06. The normalized spacial score (nSPS) is 12.5. The number of hydrogen-bond donors (Lipinski definition) is 0. The summed E-state index contributed by atoms with van der Waals surface area (Å²) in [6, 6.07) is 7.20. The number of aliphatic carboxylic acids is 2. The predicted octanol–water partition coefficient (Wildman–Crippen LogP) is -0.848. The van der Waals surface area contributed by atoms with E-state index in [9.17, 15) is 19.8 Å². The van der Waals surface area contributed by atoms with Crippen LogP contribution in [0.1, 0.15) is 17.9 Å². The zero-order chi connectivity index (χ0) is 13.3. The van der Waals surface area contributed by atoms with Crippen molar-refractivity contribution in [2.45, 2.75) is 12.3 Å². The highest BCUT2D eigenvalue weighted by Crippen LogP contribution is 2.28. The number of carbonyl (C=O) groups excluding carboxylic acids is 2. The van der Waals surface area contributed by atoms with Crippen molar-refractivity contribution >= 4 is 22.8 Å². The summed E-state index contributed by atoms with van der Waals surface area (Å²) in [5, 5.41) is 22.4. The van der Waals surface area contributed by atoms with Gasteiger partial charge in [0.2, 0.25) is 0 Å². The second kappa shape index (κ2) is 4.52. The lowest BCUT2D eigenvalue weighted by Crippen LogP contribution is -2.34. The monoisotopic (exact) mass is 245 g/mol. The van der Waals surface area contributed by atoms with Crippen LogP contribution >= 0.6 is 0 Å². The first-order chi connectivity index (χ1) is 8.50. The van der Waals surface area contributed by atoms with Crippen LogP contribution in [0, 0.1) is 0 Å². The summed E-state index contributed by atoms with van der Waals surface area (Å²) in [5.41, 5.74) is 1.29. The number of carboxylic acids is 2. The average Bonchev–Trinajstić information content (AvgIpc) is 2.64. The molecule has 0 aliphatic heterocycles. The lowest BCUT2D eigenvalue weighted by molar-refractivity contribution is -0.317. The second-order valence-corrected chi connectivity index (χ2v) is 4.16. The average molecular weight is 245 g/mol. The molecule has 0 radical (unpaired) electrons. The summed E-state index contributed by atoms with van der Waals surface area (Å²) in [5.74, 6) is -4.01. The molecular weight excluding hydrogens is 234 g/mol. The molecule has 2 rings (SSSR count). The Hall–Kier alpha value is -2.30. The first-order valence-corrected chi connectivity index (χ1v) is 5.45. The third kappa shape index (κ3) is 2.07. The quantitative estimate of drug-likeness (QED) is 0.702. The molecule has 0 saturated carbocycles. The maximum Gasteiger partial charge on any atom is 0.0493 e. The van der Waals surface area contributed by atoms with E-state index < -0.39 is 24.3 Å². The molecule has 94 valence electrons. The standard InChI is InChI=1S/C13H13NO4/c1-14-7-10(8-4-2-3-5-11(8)14)9(13(17)18)6-12(15)16/h2-5,7,9H,6H2,1H3,(H,15,16)(H,17,18)/p-2/t9-/m0/s1. The maximum absolute atomic E-state index is 11.1. The topological polar surface area (TPSA) is 85.2 Å². The Balaban J connectivity index is 2.57. The van der Waals surface area contributed by atoms with Crippen LogP contribution in [0.25, 0.3) is 10.9 Å². The molecule has 1 aromatic heterocycles. The van der Waals surface area contributed by atoms with Crippen molar-refractivity contribution in [3.63, 3.8) is 0 Å². The van der Waals surface area contributed by atoms with Crippen molar-refractivity contribution in [1.29, 1.82) is 0 Å². The minimum absolute atomic E-state index is 0.442. The van der Waals surface area contributed by atoms with Crippen LogP contribution in [0.5, 0.6) is 0 Å². The molecule has 2 aromatic rings. The zero-order valence-corrected chi connectivity index (χ0v) is 9.75. The Labute approximate surface area is 103 Å². The fourth-order valence-electron chi connectivity index (χ4n) is 2.14. The number of aromatic nitrogens is 1. The van der Waals surface area contributed by atoms with Crippen LogP contribution in [-0.2, 0) is 16.6 Å². The van der Waals surface area contributed by atoms with Gasteiger partial charge in [-0.25, -0.2) is 0 Å². The van der Waals surface area contributed by atoms with Gasteiger partial charge in [-0.1, -0.05) is 18.2 Å². The minimum atomic E-state index is -1.41. The van der Waals surface area contributed by atoms with E-state index in [1.165, 1.54) is 0 Å². The molecule has 0 saturated heterocycles. The lowest BCUT2D eigenvalue weighted by Gasteiger charge is -2.18. The number of aryl methyl sites for hydroxylation is 1. The van der Waals surface area contributed by atoms with Gasteiger partial charge >= 0.3 is 0 Å². The van der Waals surface area contributed by atoms with Gasteiger partial charge in [-0.05, 0) is 18.1 Å². The van der Waals surface area contributed by atoms with Gasteiger partial charge in [0.25, 0.3) is 0 Å². The molecular formula is C13H11NO4-2. The van der Waals surface area contributed by atoms with Crippen molar-refractivity contribution in [3.05, 3.63) is 36.0 Å². The summed E-state index contributed by atoms with van der Waals surface area (Å²) in [6.45, 7) is 0. The van der Waals surface area contributed by atoms with E-state index in [1.807, 2.05) is 12.1 Å². The summed E-state index contributed by atoms with van der Waals surface area (Å²) >= 11 is 0. The predicted molar refractivity (Wildman–Crippen MR) is 60.3 cm³/mol. The number of carbonyl (C=O) groups is 2. The van der Waals surface area contributed by atoms with Gasteiger partial charge in [0, 0.05) is 42.0 Å². The highest BCUT2D eigenvalue weighted by Gasteiger charge is 2.18. The van der Waals surface area contributed by atoms with Gasteiger partial charge in [0.15, 0.2) is 0 Å². The Morgan fingerprint density at radius 3 is 2.56 bits per heavy atom. The molecule has 1 heterocycles. The Bertz CT molecular complexity index is 614. The largest absolute Gasteiger partial charge is 0.550 e. The molecule has 0 fully saturated rings. The summed E-state index contributed by atoms with van der Waals surface area (Å²) in [4.78, 5) is 21.7. The van der Waals surface area contributed by atoms with Gasteiger partial charge in [-0.15, -0.1) is 0 Å². The second-order valence-electron chi connectivity index (χ2n) is 4.16. The van der Waals surface area contributed by atoms with Crippen LogP contribution in [0.4, 0.5) is 0 Å². The van der Waals surface area contributed by atoms with E-state index in [-0.39, 0.29) is 0 Å². The molecule has 0 aliphatic carbocycles. The molecule has 1 atom stereocenters.